The number of hydrogen-bond acceptors (Lipinski definition) is 6. The average molecular weight is 361 g/mol. The molecule has 1 aromatic carbocycles. The Morgan fingerprint density at radius 2 is 2.24 bits per heavy atom. The first-order valence-corrected chi connectivity index (χ1v) is 8.57. The van der Waals surface area contributed by atoms with E-state index in [0.29, 0.717) is 23.5 Å². The Morgan fingerprint density at radius 1 is 1.44 bits per heavy atom. The number of carboxylic acids is 1. The van der Waals surface area contributed by atoms with Crippen molar-refractivity contribution in [2.24, 2.45) is 0 Å². The Bertz CT molecular complexity index is 835. The zero-order valence-electron chi connectivity index (χ0n) is 13.1. The smallest absolute Gasteiger partial charge is 0.305 e. The maximum absolute atomic E-state index is 12.6. The molecule has 0 aliphatic carbocycles. The lowest BCUT2D eigenvalue weighted by Gasteiger charge is -2.22. The van der Waals surface area contributed by atoms with Crippen LogP contribution in [0.5, 0.6) is 0 Å². The number of rotatable bonds is 5. The molecule has 0 saturated carbocycles. The number of carbonyl (C=O) groups excluding carboxylic acids is 1. The number of aromatic nitrogens is 1. The second-order valence-electron chi connectivity index (χ2n) is 5.74. The van der Waals surface area contributed by atoms with Crippen LogP contribution in [0.4, 0.5) is 5.69 Å². The fourth-order valence-electron chi connectivity index (χ4n) is 2.92. The second kappa shape index (κ2) is 6.98. The number of nitro groups is 1. The van der Waals surface area contributed by atoms with E-state index in [-0.39, 0.29) is 29.8 Å². The van der Waals surface area contributed by atoms with Gasteiger partial charge in [-0.05, 0) is 12.8 Å². The summed E-state index contributed by atoms with van der Waals surface area (Å²) in [6, 6.07) is 5.76. The molecule has 1 unspecified atom stereocenters. The van der Waals surface area contributed by atoms with Gasteiger partial charge < -0.3 is 10.0 Å². The van der Waals surface area contributed by atoms with Gasteiger partial charge in [0.15, 0.2) is 0 Å². The molecule has 1 amide bonds. The van der Waals surface area contributed by atoms with Crippen molar-refractivity contribution >= 4 is 28.9 Å². The molecular formula is C16H15N3O5S. The van der Waals surface area contributed by atoms with Gasteiger partial charge in [0.05, 0.1) is 11.3 Å². The summed E-state index contributed by atoms with van der Waals surface area (Å²) in [4.78, 5) is 39.8. The van der Waals surface area contributed by atoms with Gasteiger partial charge in [0.2, 0.25) is 0 Å². The lowest BCUT2D eigenvalue weighted by molar-refractivity contribution is -0.384. The average Bonchev–Trinajstić information content (AvgIpc) is 3.23. The summed E-state index contributed by atoms with van der Waals surface area (Å²) in [6.45, 7) is 0.514. The minimum atomic E-state index is -0.930. The van der Waals surface area contributed by atoms with Gasteiger partial charge in [0.25, 0.3) is 11.6 Å². The number of carboxylic acid groups (broad SMARTS) is 1. The van der Waals surface area contributed by atoms with E-state index in [1.165, 1.54) is 23.5 Å². The highest BCUT2D eigenvalue weighted by molar-refractivity contribution is 7.13. The molecule has 3 rings (SSSR count). The van der Waals surface area contributed by atoms with Gasteiger partial charge in [0.1, 0.15) is 10.7 Å². The quantitative estimate of drug-likeness (QED) is 0.647. The van der Waals surface area contributed by atoms with Gasteiger partial charge >= 0.3 is 5.97 Å². The van der Waals surface area contributed by atoms with E-state index in [1.807, 2.05) is 0 Å². The highest BCUT2D eigenvalue weighted by Crippen LogP contribution is 2.29. The first-order chi connectivity index (χ1) is 12.0. The molecule has 25 heavy (non-hydrogen) atoms. The van der Waals surface area contributed by atoms with Crippen molar-refractivity contribution < 1.29 is 19.6 Å². The molecule has 1 aromatic heterocycles. The summed E-state index contributed by atoms with van der Waals surface area (Å²) in [7, 11) is 0. The number of nitro benzene ring substituents is 1. The van der Waals surface area contributed by atoms with E-state index < -0.39 is 10.9 Å². The Balaban J connectivity index is 1.81. The van der Waals surface area contributed by atoms with Crippen LogP contribution in [0.25, 0.3) is 10.6 Å². The van der Waals surface area contributed by atoms with Crippen LogP contribution in [-0.2, 0) is 4.79 Å². The fourth-order valence-corrected chi connectivity index (χ4v) is 3.71. The van der Waals surface area contributed by atoms with Crippen LogP contribution in [-0.4, -0.2) is 44.4 Å². The van der Waals surface area contributed by atoms with Gasteiger partial charge in [-0.2, -0.15) is 0 Å². The number of aliphatic carboxylic acids is 1. The molecule has 1 N–H and O–H groups in total. The molecule has 8 nitrogen and oxygen atoms in total. The SMILES string of the molecule is O=C(O)CC1CCCN1C(=O)c1csc(-c2cccc([N+](=O)[O-])c2)n1. The molecule has 1 fully saturated rings. The third-order valence-corrected chi connectivity index (χ3v) is 4.97. The first-order valence-electron chi connectivity index (χ1n) is 7.69. The zero-order valence-corrected chi connectivity index (χ0v) is 13.9. The lowest BCUT2D eigenvalue weighted by atomic mass is 10.1. The predicted octanol–water partition coefficient (Wildman–Crippen LogP) is 2.80. The molecule has 1 saturated heterocycles. The van der Waals surface area contributed by atoms with Crippen molar-refractivity contribution in [1.29, 1.82) is 0 Å². The summed E-state index contributed by atoms with van der Waals surface area (Å²) in [5, 5.41) is 22.0. The van der Waals surface area contributed by atoms with Crippen molar-refractivity contribution in [2.45, 2.75) is 25.3 Å². The van der Waals surface area contributed by atoms with Crippen LogP contribution in [0, 0.1) is 10.1 Å². The standard InChI is InChI=1S/C16H15N3O5S/c20-14(21)8-11-5-2-6-18(11)16(22)13-9-25-15(17-13)10-3-1-4-12(7-10)19(23)24/h1,3-4,7,9,11H,2,5-6,8H2,(H,20,21). The van der Waals surface area contributed by atoms with Crippen molar-refractivity contribution in [1.82, 2.24) is 9.88 Å². The molecule has 130 valence electrons. The number of benzene rings is 1. The van der Waals surface area contributed by atoms with Crippen LogP contribution in [0.3, 0.4) is 0 Å². The number of hydrogen-bond donors (Lipinski definition) is 1. The van der Waals surface area contributed by atoms with Crippen molar-refractivity contribution in [3.8, 4) is 10.6 Å². The molecule has 1 aliphatic rings. The highest BCUT2D eigenvalue weighted by Gasteiger charge is 2.32. The fraction of sp³-hybridized carbons (Fsp3) is 0.312. The summed E-state index contributed by atoms with van der Waals surface area (Å²) in [5.41, 5.74) is 0.771. The molecule has 0 spiro atoms. The summed E-state index contributed by atoms with van der Waals surface area (Å²) >= 11 is 1.23. The van der Waals surface area contributed by atoms with Gasteiger partial charge in [-0.1, -0.05) is 12.1 Å². The van der Waals surface area contributed by atoms with Crippen molar-refractivity contribution in [3.63, 3.8) is 0 Å². The Hall–Kier alpha value is -2.81. The highest BCUT2D eigenvalue weighted by atomic mass is 32.1. The minimum absolute atomic E-state index is 0.0401. The largest absolute Gasteiger partial charge is 0.481 e. The molecule has 1 atom stereocenters. The van der Waals surface area contributed by atoms with Gasteiger partial charge in [0, 0.05) is 35.7 Å². The molecule has 2 heterocycles. The molecule has 9 heteroatoms. The molecule has 0 bridgehead atoms. The Kier molecular flexibility index (Phi) is 4.75. The van der Waals surface area contributed by atoms with E-state index in [9.17, 15) is 19.7 Å². The molecule has 1 aliphatic heterocycles. The Morgan fingerprint density at radius 3 is 2.96 bits per heavy atom. The van der Waals surface area contributed by atoms with Crippen LogP contribution < -0.4 is 0 Å². The third-order valence-electron chi connectivity index (χ3n) is 4.08. The lowest BCUT2D eigenvalue weighted by Crippen LogP contribution is -2.37. The third kappa shape index (κ3) is 3.66. The maximum Gasteiger partial charge on any atom is 0.305 e. The number of amides is 1. The monoisotopic (exact) mass is 361 g/mol. The predicted molar refractivity (Wildman–Crippen MR) is 90.5 cm³/mol. The summed E-state index contributed by atoms with van der Waals surface area (Å²) < 4.78 is 0. The number of non-ortho nitro benzene ring substituents is 1. The van der Waals surface area contributed by atoms with Crippen LogP contribution in [0.1, 0.15) is 29.8 Å². The van der Waals surface area contributed by atoms with Gasteiger partial charge in [-0.3, -0.25) is 19.7 Å². The van der Waals surface area contributed by atoms with Crippen LogP contribution in [0.15, 0.2) is 29.6 Å². The van der Waals surface area contributed by atoms with E-state index in [2.05, 4.69) is 4.98 Å². The maximum atomic E-state index is 12.6. The van der Waals surface area contributed by atoms with E-state index >= 15 is 0 Å². The van der Waals surface area contributed by atoms with Crippen LogP contribution in [0.2, 0.25) is 0 Å². The zero-order chi connectivity index (χ0) is 18.0. The summed E-state index contributed by atoms with van der Waals surface area (Å²) in [5.74, 6) is -1.23. The molecular weight excluding hydrogens is 346 g/mol. The van der Waals surface area contributed by atoms with Crippen LogP contribution >= 0.6 is 11.3 Å². The first kappa shape index (κ1) is 17.0. The number of carbonyl (C=O) groups is 2. The molecule has 0 radical (unpaired) electrons. The van der Waals surface area contributed by atoms with Crippen molar-refractivity contribution in [2.75, 3.05) is 6.54 Å². The van der Waals surface area contributed by atoms with Crippen molar-refractivity contribution in [3.05, 3.63) is 45.5 Å². The van der Waals surface area contributed by atoms with Gasteiger partial charge in [-0.15, -0.1) is 11.3 Å². The van der Waals surface area contributed by atoms with E-state index in [0.717, 1.165) is 6.42 Å². The second-order valence-corrected chi connectivity index (χ2v) is 6.60. The van der Waals surface area contributed by atoms with Gasteiger partial charge in [-0.25, -0.2) is 4.98 Å². The minimum Gasteiger partial charge on any atom is -0.481 e. The van der Waals surface area contributed by atoms with E-state index in [4.69, 9.17) is 5.11 Å². The Labute approximate surface area is 146 Å². The molecule has 2 aromatic rings. The topological polar surface area (TPSA) is 114 Å². The van der Waals surface area contributed by atoms with E-state index in [1.54, 1.807) is 22.4 Å². The summed E-state index contributed by atoms with van der Waals surface area (Å²) in [6.07, 6.45) is 1.36. The number of thiazole rings is 1. The number of likely N-dealkylation sites (tertiary alicyclic amines) is 1. The number of nitrogens with zero attached hydrogens (tertiary/aromatic N) is 3. The normalized spacial score (nSPS) is 16.8.